The van der Waals surface area contributed by atoms with Crippen molar-refractivity contribution in [1.82, 2.24) is 0 Å². The highest BCUT2D eigenvalue weighted by molar-refractivity contribution is 5.69. The molecule has 1 aromatic rings. The van der Waals surface area contributed by atoms with Crippen LogP contribution in [0, 0.1) is 20.8 Å². The Morgan fingerprint density at radius 2 is 1.69 bits per heavy atom. The zero-order valence-electron chi connectivity index (χ0n) is 8.05. The van der Waals surface area contributed by atoms with Crippen molar-refractivity contribution in [2.75, 3.05) is 0 Å². The zero-order valence-corrected chi connectivity index (χ0v) is 8.05. The van der Waals surface area contributed by atoms with Crippen molar-refractivity contribution in [3.05, 3.63) is 28.8 Å². The van der Waals surface area contributed by atoms with Crippen LogP contribution in [0.5, 0.6) is 5.75 Å². The summed E-state index contributed by atoms with van der Waals surface area (Å²) in [6.45, 7) is 5.77. The maximum absolute atomic E-state index is 10.6. The molecular weight excluding hydrogens is 166 g/mol. The van der Waals surface area contributed by atoms with Crippen molar-refractivity contribution in [3.63, 3.8) is 0 Å². The van der Waals surface area contributed by atoms with Gasteiger partial charge in [0.2, 0.25) is 0 Å². The third kappa shape index (κ3) is 2.21. The van der Waals surface area contributed by atoms with E-state index < -0.39 is 6.09 Å². The highest BCUT2D eigenvalue weighted by Gasteiger charge is 2.07. The molecule has 0 atom stereocenters. The molecule has 0 spiro atoms. The molecule has 1 rings (SSSR count). The van der Waals surface area contributed by atoms with Crippen molar-refractivity contribution < 1.29 is 9.53 Å². The lowest BCUT2D eigenvalue weighted by Crippen LogP contribution is -2.17. The van der Waals surface area contributed by atoms with E-state index in [9.17, 15) is 4.79 Å². The predicted octanol–water partition coefficient (Wildman–Crippen LogP) is 2.07. The fourth-order valence-electron chi connectivity index (χ4n) is 1.43. The topological polar surface area (TPSA) is 52.3 Å². The second kappa shape index (κ2) is 3.47. The lowest BCUT2D eigenvalue weighted by Gasteiger charge is -2.09. The summed E-state index contributed by atoms with van der Waals surface area (Å²) in [4.78, 5) is 10.6. The Hall–Kier alpha value is -1.51. The van der Waals surface area contributed by atoms with Gasteiger partial charge < -0.3 is 10.5 Å². The first-order chi connectivity index (χ1) is 6.00. The number of rotatable bonds is 1. The fraction of sp³-hybridized carbons (Fsp3) is 0.300. The molecule has 0 aliphatic heterocycles. The van der Waals surface area contributed by atoms with E-state index in [1.54, 1.807) is 0 Å². The van der Waals surface area contributed by atoms with E-state index in [1.807, 2.05) is 32.9 Å². The molecule has 3 heteroatoms. The number of carbonyl (C=O) groups excluding carboxylic acids is 1. The van der Waals surface area contributed by atoms with Crippen LogP contribution >= 0.6 is 0 Å². The number of aryl methyl sites for hydroxylation is 3. The average molecular weight is 179 g/mol. The van der Waals surface area contributed by atoms with Gasteiger partial charge in [-0.25, -0.2) is 4.79 Å². The van der Waals surface area contributed by atoms with E-state index >= 15 is 0 Å². The van der Waals surface area contributed by atoms with Gasteiger partial charge >= 0.3 is 6.09 Å². The highest BCUT2D eigenvalue weighted by Crippen LogP contribution is 2.24. The average Bonchev–Trinajstić information content (AvgIpc) is 1.96. The number of primary amides is 1. The minimum atomic E-state index is -0.768. The quantitative estimate of drug-likeness (QED) is 0.717. The molecule has 1 amide bonds. The lowest BCUT2D eigenvalue weighted by atomic mass is 10.1. The first kappa shape index (κ1) is 9.58. The van der Waals surface area contributed by atoms with Crippen LogP contribution in [0.25, 0.3) is 0 Å². The number of hydrogen-bond acceptors (Lipinski definition) is 2. The summed E-state index contributed by atoms with van der Waals surface area (Å²) in [7, 11) is 0. The summed E-state index contributed by atoms with van der Waals surface area (Å²) < 4.78 is 4.87. The molecule has 0 bridgehead atoms. The molecule has 0 aromatic heterocycles. The van der Waals surface area contributed by atoms with Gasteiger partial charge in [-0.1, -0.05) is 17.7 Å². The van der Waals surface area contributed by atoms with Gasteiger partial charge in [-0.15, -0.1) is 0 Å². The molecule has 0 saturated heterocycles. The zero-order chi connectivity index (χ0) is 10.0. The molecule has 1 aromatic carbocycles. The van der Waals surface area contributed by atoms with Gasteiger partial charge in [-0.3, -0.25) is 0 Å². The van der Waals surface area contributed by atoms with Crippen LogP contribution in [-0.4, -0.2) is 6.09 Å². The van der Waals surface area contributed by atoms with E-state index in [1.165, 1.54) is 0 Å². The molecule has 0 fully saturated rings. The largest absolute Gasteiger partial charge is 0.410 e. The van der Waals surface area contributed by atoms with Gasteiger partial charge in [0.05, 0.1) is 0 Å². The van der Waals surface area contributed by atoms with Crippen molar-refractivity contribution in [3.8, 4) is 5.75 Å². The Balaban J connectivity index is 3.13. The predicted molar refractivity (Wildman–Crippen MR) is 50.9 cm³/mol. The Kier molecular flexibility index (Phi) is 2.56. The van der Waals surface area contributed by atoms with Crippen LogP contribution in [0.15, 0.2) is 12.1 Å². The third-order valence-electron chi connectivity index (χ3n) is 1.81. The number of ether oxygens (including phenoxy) is 1. The van der Waals surface area contributed by atoms with Crippen LogP contribution in [0.3, 0.4) is 0 Å². The first-order valence-electron chi connectivity index (χ1n) is 4.06. The van der Waals surface area contributed by atoms with Crippen LogP contribution in [0.2, 0.25) is 0 Å². The molecule has 0 heterocycles. The number of carbonyl (C=O) groups is 1. The molecule has 13 heavy (non-hydrogen) atoms. The summed E-state index contributed by atoms with van der Waals surface area (Å²) in [6, 6.07) is 3.90. The van der Waals surface area contributed by atoms with Crippen molar-refractivity contribution in [2.45, 2.75) is 20.8 Å². The maximum Gasteiger partial charge on any atom is 0.409 e. The standard InChI is InChI=1S/C10H13NO2/c1-6-4-7(2)9(8(3)5-6)13-10(11)12/h4-5H,1-3H3,(H2,11,12). The summed E-state index contributed by atoms with van der Waals surface area (Å²) in [5.74, 6) is 0.568. The van der Waals surface area contributed by atoms with Crippen LogP contribution in [0.1, 0.15) is 16.7 Å². The normalized spacial score (nSPS) is 9.77. The summed E-state index contributed by atoms with van der Waals surface area (Å²) in [5, 5.41) is 0. The Bertz CT molecular complexity index is 322. The van der Waals surface area contributed by atoms with Crippen LogP contribution in [-0.2, 0) is 0 Å². The monoisotopic (exact) mass is 179 g/mol. The van der Waals surface area contributed by atoms with Crippen molar-refractivity contribution in [1.29, 1.82) is 0 Å². The number of nitrogens with two attached hydrogens (primary N) is 1. The van der Waals surface area contributed by atoms with Crippen LogP contribution in [0.4, 0.5) is 4.79 Å². The third-order valence-corrected chi connectivity index (χ3v) is 1.81. The van der Waals surface area contributed by atoms with Gasteiger partial charge in [0.25, 0.3) is 0 Å². The Labute approximate surface area is 77.5 Å². The van der Waals surface area contributed by atoms with Crippen molar-refractivity contribution >= 4 is 6.09 Å². The number of amides is 1. The minimum Gasteiger partial charge on any atom is -0.410 e. The maximum atomic E-state index is 10.6. The second-order valence-electron chi connectivity index (χ2n) is 3.15. The number of hydrogen-bond donors (Lipinski definition) is 1. The van der Waals surface area contributed by atoms with E-state index in [2.05, 4.69) is 0 Å². The van der Waals surface area contributed by atoms with Gasteiger partial charge in [-0.2, -0.15) is 0 Å². The summed E-state index contributed by atoms with van der Waals surface area (Å²) in [6.07, 6.45) is -0.768. The molecule has 3 nitrogen and oxygen atoms in total. The number of benzene rings is 1. The fourth-order valence-corrected chi connectivity index (χ4v) is 1.43. The summed E-state index contributed by atoms with van der Waals surface area (Å²) >= 11 is 0. The summed E-state index contributed by atoms with van der Waals surface area (Å²) in [5.41, 5.74) is 7.94. The van der Waals surface area contributed by atoms with E-state index in [0.29, 0.717) is 5.75 Å². The molecule has 2 N–H and O–H groups in total. The SMILES string of the molecule is Cc1cc(C)c(OC(N)=O)c(C)c1. The van der Waals surface area contributed by atoms with Gasteiger partial charge in [-0.05, 0) is 31.9 Å². The second-order valence-corrected chi connectivity index (χ2v) is 3.15. The molecule has 0 radical (unpaired) electrons. The lowest BCUT2D eigenvalue weighted by molar-refractivity contribution is 0.210. The molecule has 0 unspecified atom stereocenters. The molecular formula is C10H13NO2. The van der Waals surface area contributed by atoms with E-state index in [-0.39, 0.29) is 0 Å². The minimum absolute atomic E-state index is 0.568. The Morgan fingerprint density at radius 1 is 1.23 bits per heavy atom. The molecule has 0 saturated carbocycles. The van der Waals surface area contributed by atoms with E-state index in [4.69, 9.17) is 10.5 Å². The molecule has 0 aliphatic carbocycles. The Morgan fingerprint density at radius 3 is 2.08 bits per heavy atom. The van der Waals surface area contributed by atoms with Gasteiger partial charge in [0.15, 0.2) is 0 Å². The van der Waals surface area contributed by atoms with Crippen LogP contribution < -0.4 is 10.5 Å². The van der Waals surface area contributed by atoms with Gasteiger partial charge in [0, 0.05) is 0 Å². The van der Waals surface area contributed by atoms with Crippen molar-refractivity contribution in [2.24, 2.45) is 5.73 Å². The molecule has 0 aliphatic rings. The van der Waals surface area contributed by atoms with Gasteiger partial charge in [0.1, 0.15) is 5.75 Å². The first-order valence-corrected chi connectivity index (χ1v) is 4.06. The smallest absolute Gasteiger partial charge is 0.409 e. The molecule has 70 valence electrons. The van der Waals surface area contributed by atoms with E-state index in [0.717, 1.165) is 16.7 Å². The highest BCUT2D eigenvalue weighted by atomic mass is 16.5.